The van der Waals surface area contributed by atoms with Gasteiger partial charge in [-0.15, -0.1) is 0 Å². The lowest BCUT2D eigenvalue weighted by molar-refractivity contribution is -0.384. The average Bonchev–Trinajstić information content (AvgIpc) is 2.95. The molecule has 4 aromatic rings. The van der Waals surface area contributed by atoms with Crippen molar-refractivity contribution in [2.45, 2.75) is 12.4 Å². The van der Waals surface area contributed by atoms with Gasteiger partial charge in [0.1, 0.15) is 5.78 Å². The molecule has 1 N–H and O–H groups in total. The molecule has 0 saturated carbocycles. The second-order valence-electron chi connectivity index (χ2n) is 9.60. The molecule has 0 bridgehead atoms. The van der Waals surface area contributed by atoms with Crippen LogP contribution in [0.15, 0.2) is 103 Å². The lowest BCUT2D eigenvalue weighted by Gasteiger charge is -2.30. The standard InChI is InChI=1S/C30H33N4O4P/c1-32(2)26-14-10-24(11-15-26)30(31-25-12-16-28(17-13-25)34(35)36)39(37,38-22-23-8-6-5-7-9-23)29-20-18-27(19-21-29)33(3)4/h5-21,30-31H,22H2,1-4H3. The monoisotopic (exact) mass is 544 g/mol. The molecule has 0 heterocycles. The molecule has 4 aromatic carbocycles. The maximum Gasteiger partial charge on any atom is 0.269 e. The Hall–Kier alpha value is -4.13. The number of nitro groups is 1. The topological polar surface area (TPSA) is 87.9 Å². The van der Waals surface area contributed by atoms with Crippen LogP contribution in [-0.4, -0.2) is 33.1 Å². The fourth-order valence-electron chi connectivity index (χ4n) is 4.16. The second-order valence-corrected chi connectivity index (χ2v) is 12.1. The number of hydrogen-bond acceptors (Lipinski definition) is 7. The summed E-state index contributed by atoms with van der Waals surface area (Å²) < 4.78 is 21.5. The summed E-state index contributed by atoms with van der Waals surface area (Å²) in [6, 6.07) is 31.1. The highest BCUT2D eigenvalue weighted by Gasteiger charge is 2.38. The number of nitro benzene ring substituents is 1. The third-order valence-corrected chi connectivity index (χ3v) is 9.08. The lowest BCUT2D eigenvalue weighted by Crippen LogP contribution is -2.21. The molecule has 39 heavy (non-hydrogen) atoms. The number of rotatable bonds is 11. The Kier molecular flexibility index (Phi) is 8.69. The van der Waals surface area contributed by atoms with E-state index < -0.39 is 18.1 Å². The molecular weight excluding hydrogens is 511 g/mol. The normalized spacial score (nSPS) is 13.2. The van der Waals surface area contributed by atoms with E-state index in [-0.39, 0.29) is 12.3 Å². The molecule has 0 aliphatic heterocycles. The molecule has 2 unspecified atom stereocenters. The molecule has 0 aliphatic carbocycles. The summed E-state index contributed by atoms with van der Waals surface area (Å²) in [5.74, 6) is -0.760. The molecule has 2 atom stereocenters. The van der Waals surface area contributed by atoms with E-state index in [1.807, 2.05) is 117 Å². The van der Waals surface area contributed by atoms with Crippen molar-refractivity contribution < 1.29 is 14.0 Å². The summed E-state index contributed by atoms with van der Waals surface area (Å²) in [5.41, 5.74) is 4.23. The van der Waals surface area contributed by atoms with Gasteiger partial charge in [-0.1, -0.05) is 42.5 Å². The predicted octanol–water partition coefficient (Wildman–Crippen LogP) is 6.66. The van der Waals surface area contributed by atoms with Crippen LogP contribution < -0.4 is 20.4 Å². The zero-order chi connectivity index (χ0) is 28.0. The quantitative estimate of drug-likeness (QED) is 0.128. The first-order valence-electron chi connectivity index (χ1n) is 12.5. The fraction of sp³-hybridized carbons (Fsp3) is 0.200. The molecule has 0 amide bonds. The molecule has 4 rings (SSSR count). The maximum absolute atomic E-state index is 15.2. The minimum atomic E-state index is -3.63. The fourth-order valence-corrected chi connectivity index (χ4v) is 6.54. The second kappa shape index (κ2) is 12.2. The van der Waals surface area contributed by atoms with Crippen LogP contribution in [0.4, 0.5) is 22.7 Å². The van der Waals surface area contributed by atoms with Crippen LogP contribution in [0.25, 0.3) is 0 Å². The van der Waals surface area contributed by atoms with E-state index in [4.69, 9.17) is 4.52 Å². The SMILES string of the molecule is CN(C)c1ccc(C(Nc2ccc([N+](=O)[O-])cc2)P(=O)(OCc2ccccc2)c2ccc(N(C)C)cc2)cc1. The number of benzene rings is 4. The first kappa shape index (κ1) is 27.9. The molecule has 0 saturated heterocycles. The van der Waals surface area contributed by atoms with E-state index >= 15 is 4.57 Å². The van der Waals surface area contributed by atoms with Gasteiger partial charge in [0.15, 0.2) is 0 Å². The molecular formula is C30H33N4O4P. The van der Waals surface area contributed by atoms with Crippen molar-refractivity contribution in [3.63, 3.8) is 0 Å². The Labute approximate surface area is 229 Å². The Balaban J connectivity index is 1.81. The largest absolute Gasteiger partial charge is 0.378 e. The van der Waals surface area contributed by atoms with E-state index in [0.29, 0.717) is 11.0 Å². The number of hydrogen-bond donors (Lipinski definition) is 1. The van der Waals surface area contributed by atoms with Gasteiger partial charge in [-0.25, -0.2) is 0 Å². The predicted molar refractivity (Wildman–Crippen MR) is 159 cm³/mol. The number of non-ortho nitro benzene ring substituents is 1. The third kappa shape index (κ3) is 6.66. The molecule has 9 heteroatoms. The first-order chi connectivity index (χ1) is 18.7. The smallest absolute Gasteiger partial charge is 0.269 e. The molecule has 0 spiro atoms. The van der Waals surface area contributed by atoms with Crippen molar-refractivity contribution in [2.24, 2.45) is 0 Å². The van der Waals surface area contributed by atoms with Crippen LogP contribution in [0, 0.1) is 10.1 Å². The summed E-state index contributed by atoms with van der Waals surface area (Å²) >= 11 is 0. The summed E-state index contributed by atoms with van der Waals surface area (Å²) in [6.07, 6.45) is 0. The number of nitrogens with zero attached hydrogens (tertiary/aromatic N) is 3. The molecule has 0 aromatic heterocycles. The van der Waals surface area contributed by atoms with Gasteiger partial charge < -0.3 is 19.6 Å². The molecule has 0 aliphatic rings. The van der Waals surface area contributed by atoms with Crippen LogP contribution in [0.1, 0.15) is 16.9 Å². The van der Waals surface area contributed by atoms with Crippen LogP contribution in [-0.2, 0) is 15.7 Å². The summed E-state index contributed by atoms with van der Waals surface area (Å²) in [7, 11) is 4.19. The van der Waals surface area contributed by atoms with Crippen LogP contribution in [0.5, 0.6) is 0 Å². The van der Waals surface area contributed by atoms with E-state index in [2.05, 4.69) is 5.32 Å². The van der Waals surface area contributed by atoms with Gasteiger partial charge in [-0.2, -0.15) is 0 Å². The van der Waals surface area contributed by atoms with Crippen LogP contribution in [0.2, 0.25) is 0 Å². The lowest BCUT2D eigenvalue weighted by atomic mass is 10.2. The van der Waals surface area contributed by atoms with E-state index in [0.717, 1.165) is 22.5 Å². The molecule has 0 fully saturated rings. The van der Waals surface area contributed by atoms with Gasteiger partial charge in [0.25, 0.3) is 13.1 Å². The van der Waals surface area contributed by atoms with Crippen molar-refractivity contribution in [3.05, 3.63) is 124 Å². The summed E-state index contributed by atoms with van der Waals surface area (Å²) in [6.45, 7) is 0.155. The Morgan fingerprint density at radius 2 is 1.33 bits per heavy atom. The highest BCUT2D eigenvalue weighted by atomic mass is 31.2. The molecule has 0 radical (unpaired) electrons. The number of anilines is 3. The van der Waals surface area contributed by atoms with E-state index in [9.17, 15) is 10.1 Å². The zero-order valence-corrected chi connectivity index (χ0v) is 23.4. The highest BCUT2D eigenvalue weighted by molar-refractivity contribution is 7.67. The minimum Gasteiger partial charge on any atom is -0.378 e. The van der Waals surface area contributed by atoms with Crippen molar-refractivity contribution >= 4 is 35.4 Å². The van der Waals surface area contributed by atoms with Gasteiger partial charge in [0, 0.05) is 62.7 Å². The third-order valence-electron chi connectivity index (χ3n) is 6.44. The van der Waals surface area contributed by atoms with Crippen LogP contribution >= 0.6 is 7.37 Å². The van der Waals surface area contributed by atoms with Gasteiger partial charge in [0.05, 0.1) is 11.5 Å². The van der Waals surface area contributed by atoms with Crippen molar-refractivity contribution in [1.29, 1.82) is 0 Å². The molecule has 202 valence electrons. The van der Waals surface area contributed by atoms with Gasteiger partial charge in [-0.05, 0) is 59.7 Å². The van der Waals surface area contributed by atoms with E-state index in [1.54, 1.807) is 12.1 Å². The number of nitrogens with one attached hydrogen (secondary N) is 1. The van der Waals surface area contributed by atoms with Crippen molar-refractivity contribution in [3.8, 4) is 0 Å². The van der Waals surface area contributed by atoms with Crippen molar-refractivity contribution in [2.75, 3.05) is 43.3 Å². The maximum atomic E-state index is 15.2. The minimum absolute atomic E-state index is 0.0183. The van der Waals surface area contributed by atoms with Gasteiger partial charge in [-0.3, -0.25) is 14.7 Å². The van der Waals surface area contributed by atoms with Gasteiger partial charge >= 0.3 is 0 Å². The summed E-state index contributed by atoms with van der Waals surface area (Å²) in [5, 5.41) is 15.2. The van der Waals surface area contributed by atoms with E-state index in [1.165, 1.54) is 12.1 Å². The Morgan fingerprint density at radius 1 is 0.795 bits per heavy atom. The van der Waals surface area contributed by atoms with Gasteiger partial charge in [0.2, 0.25) is 0 Å². The average molecular weight is 545 g/mol. The van der Waals surface area contributed by atoms with Crippen LogP contribution in [0.3, 0.4) is 0 Å². The Morgan fingerprint density at radius 3 is 1.85 bits per heavy atom. The molecule has 8 nitrogen and oxygen atoms in total. The highest BCUT2D eigenvalue weighted by Crippen LogP contribution is 2.59. The van der Waals surface area contributed by atoms with Crippen molar-refractivity contribution in [1.82, 2.24) is 0 Å². The zero-order valence-electron chi connectivity index (χ0n) is 22.5. The first-order valence-corrected chi connectivity index (χ1v) is 14.2. The Bertz CT molecular complexity index is 1430. The summed E-state index contributed by atoms with van der Waals surface area (Å²) in [4.78, 5) is 14.7.